The van der Waals surface area contributed by atoms with E-state index in [2.05, 4.69) is 15.6 Å². The average Bonchev–Trinajstić information content (AvgIpc) is 3.51. The number of benzene rings is 1. The van der Waals surface area contributed by atoms with Crippen molar-refractivity contribution in [2.45, 2.75) is 48.6 Å². The molecule has 38 heavy (non-hydrogen) atoms. The number of carbonyl (C=O) groups is 1. The number of rotatable bonds is 6. The zero-order valence-corrected chi connectivity index (χ0v) is 21.1. The lowest BCUT2D eigenvalue weighted by atomic mass is 9.93. The van der Waals surface area contributed by atoms with Crippen molar-refractivity contribution in [2.75, 3.05) is 32.7 Å². The summed E-state index contributed by atoms with van der Waals surface area (Å²) in [7, 11) is -2.30. The van der Waals surface area contributed by atoms with Gasteiger partial charge in [-0.25, -0.2) is 8.42 Å². The molecule has 210 valence electrons. The van der Waals surface area contributed by atoms with E-state index in [4.69, 9.17) is 0 Å². The number of amides is 1. The van der Waals surface area contributed by atoms with Gasteiger partial charge >= 0.3 is 12.4 Å². The highest BCUT2D eigenvalue weighted by Crippen LogP contribution is 2.38. The van der Waals surface area contributed by atoms with Crippen LogP contribution in [0.15, 0.2) is 29.4 Å². The Labute approximate surface area is 214 Å². The monoisotopic (exact) mass is 568 g/mol. The number of sulfonamides is 1. The van der Waals surface area contributed by atoms with E-state index in [1.165, 1.54) is 15.2 Å². The molecule has 0 unspecified atom stereocenters. The molecular formula is C22H26F6N6O3S. The van der Waals surface area contributed by atoms with Crippen LogP contribution in [-0.4, -0.2) is 76.8 Å². The number of aryl methyl sites for hydroxylation is 1. The Kier molecular flexibility index (Phi) is 7.53. The van der Waals surface area contributed by atoms with Crippen molar-refractivity contribution in [3.63, 3.8) is 0 Å². The number of nitrogens with zero attached hydrogens (tertiary/aromatic N) is 5. The second-order valence-electron chi connectivity index (χ2n) is 9.49. The predicted octanol–water partition coefficient (Wildman–Crippen LogP) is 2.90. The van der Waals surface area contributed by atoms with Crippen LogP contribution in [0.2, 0.25) is 0 Å². The van der Waals surface area contributed by atoms with Crippen LogP contribution < -0.4 is 5.32 Å². The second kappa shape index (κ2) is 10.1. The number of carbonyl (C=O) groups excluding carboxylic acids is 1. The first kappa shape index (κ1) is 28.3. The predicted molar refractivity (Wildman–Crippen MR) is 121 cm³/mol. The summed E-state index contributed by atoms with van der Waals surface area (Å²) in [5, 5.41) is 9.66. The molecule has 2 fully saturated rings. The van der Waals surface area contributed by atoms with Gasteiger partial charge in [0, 0.05) is 45.3 Å². The largest absolute Gasteiger partial charge is 0.417 e. The molecule has 1 amide bonds. The molecule has 0 atom stereocenters. The molecular weight excluding hydrogens is 542 g/mol. The van der Waals surface area contributed by atoms with Gasteiger partial charge in [-0.15, -0.1) is 5.10 Å². The summed E-state index contributed by atoms with van der Waals surface area (Å²) in [5.74, 6) is -1.12. The molecule has 0 bridgehead atoms. The minimum atomic E-state index is -5.16. The molecule has 1 aliphatic carbocycles. The minimum absolute atomic E-state index is 0.0267. The maximum absolute atomic E-state index is 13.5. The van der Waals surface area contributed by atoms with Crippen molar-refractivity contribution >= 4 is 15.9 Å². The number of halogens is 6. The summed E-state index contributed by atoms with van der Waals surface area (Å²) in [6.07, 6.45) is -5.99. The van der Waals surface area contributed by atoms with Gasteiger partial charge in [0.1, 0.15) is 0 Å². The van der Waals surface area contributed by atoms with Crippen LogP contribution in [0.3, 0.4) is 0 Å². The summed E-state index contributed by atoms with van der Waals surface area (Å²) in [4.78, 5) is 14.8. The molecule has 1 aromatic heterocycles. The molecule has 1 saturated heterocycles. The molecule has 2 heterocycles. The Balaban J connectivity index is 1.47. The van der Waals surface area contributed by atoms with Crippen LogP contribution in [0.4, 0.5) is 26.3 Å². The lowest BCUT2D eigenvalue weighted by Gasteiger charge is -2.45. The zero-order valence-electron chi connectivity index (χ0n) is 20.3. The third-order valence-electron chi connectivity index (χ3n) is 7.10. The minimum Gasteiger partial charge on any atom is -0.350 e. The smallest absolute Gasteiger partial charge is 0.350 e. The van der Waals surface area contributed by atoms with E-state index in [-0.39, 0.29) is 30.7 Å². The van der Waals surface area contributed by atoms with Crippen LogP contribution in [0.5, 0.6) is 0 Å². The van der Waals surface area contributed by atoms with Gasteiger partial charge < -0.3 is 5.32 Å². The summed E-state index contributed by atoms with van der Waals surface area (Å²) in [6, 6.07) is 0.932. The molecule has 2 aliphatic rings. The third kappa shape index (κ3) is 5.66. The molecule has 1 N–H and O–H groups in total. The molecule has 9 nitrogen and oxygen atoms in total. The highest BCUT2D eigenvalue weighted by Gasteiger charge is 2.44. The SMILES string of the molecule is Cn1cc(S(=O)(=O)N2CCN(C3(CNC(=O)c4ccc(C(F)(F)F)cc4C(F)(F)F)CCCC3)CC2)nn1. The van der Waals surface area contributed by atoms with E-state index in [1.54, 1.807) is 7.05 Å². The van der Waals surface area contributed by atoms with E-state index >= 15 is 0 Å². The third-order valence-corrected chi connectivity index (χ3v) is 8.87. The molecule has 4 rings (SSSR count). The van der Waals surface area contributed by atoms with Gasteiger partial charge in [0.2, 0.25) is 5.03 Å². The number of hydrogen-bond acceptors (Lipinski definition) is 6. The number of nitrogens with one attached hydrogen (secondary N) is 1. The summed E-state index contributed by atoms with van der Waals surface area (Å²) < 4.78 is 108. The van der Waals surface area contributed by atoms with E-state index < -0.39 is 50.5 Å². The molecule has 1 saturated carbocycles. The summed E-state index contributed by atoms with van der Waals surface area (Å²) >= 11 is 0. The van der Waals surface area contributed by atoms with Crippen LogP contribution >= 0.6 is 0 Å². The van der Waals surface area contributed by atoms with Gasteiger partial charge in [0.05, 0.1) is 22.9 Å². The lowest BCUT2D eigenvalue weighted by Crippen LogP contribution is -2.60. The Morgan fingerprint density at radius 1 is 1.03 bits per heavy atom. The van der Waals surface area contributed by atoms with E-state index in [9.17, 15) is 39.6 Å². The zero-order chi connectivity index (χ0) is 27.9. The first-order valence-electron chi connectivity index (χ1n) is 11.8. The number of piperazine rings is 1. The molecule has 0 radical (unpaired) electrons. The van der Waals surface area contributed by atoms with Gasteiger partial charge in [-0.2, -0.15) is 30.6 Å². The molecule has 1 aliphatic heterocycles. The molecule has 2 aromatic rings. The Morgan fingerprint density at radius 2 is 1.66 bits per heavy atom. The number of alkyl halides is 6. The second-order valence-corrected chi connectivity index (χ2v) is 11.4. The lowest BCUT2D eigenvalue weighted by molar-refractivity contribution is -0.143. The topological polar surface area (TPSA) is 100 Å². The normalized spacial score (nSPS) is 19.6. The Bertz CT molecular complexity index is 1280. The summed E-state index contributed by atoms with van der Waals surface area (Å²) in [6.45, 7) is 0.908. The number of hydrogen-bond donors (Lipinski definition) is 1. The van der Waals surface area contributed by atoms with Gasteiger partial charge in [-0.05, 0) is 31.0 Å². The van der Waals surface area contributed by atoms with Crippen molar-refractivity contribution in [2.24, 2.45) is 7.05 Å². The van der Waals surface area contributed by atoms with Crippen LogP contribution in [0, 0.1) is 0 Å². The van der Waals surface area contributed by atoms with Crippen molar-refractivity contribution < 1.29 is 39.6 Å². The van der Waals surface area contributed by atoms with Gasteiger partial charge in [0.25, 0.3) is 15.9 Å². The van der Waals surface area contributed by atoms with Crippen molar-refractivity contribution in [1.29, 1.82) is 0 Å². The maximum Gasteiger partial charge on any atom is 0.417 e. The van der Waals surface area contributed by atoms with Crippen molar-refractivity contribution in [3.8, 4) is 0 Å². The van der Waals surface area contributed by atoms with Crippen molar-refractivity contribution in [1.82, 2.24) is 29.5 Å². The first-order valence-corrected chi connectivity index (χ1v) is 13.3. The highest BCUT2D eigenvalue weighted by molar-refractivity contribution is 7.89. The van der Waals surface area contributed by atoms with Crippen LogP contribution in [0.25, 0.3) is 0 Å². The fourth-order valence-electron chi connectivity index (χ4n) is 5.11. The first-order chi connectivity index (χ1) is 17.6. The van der Waals surface area contributed by atoms with E-state index in [0.29, 0.717) is 38.1 Å². The quantitative estimate of drug-likeness (QED) is 0.538. The average molecular weight is 569 g/mol. The van der Waals surface area contributed by atoms with Gasteiger partial charge in [0.15, 0.2) is 0 Å². The van der Waals surface area contributed by atoms with E-state index in [1.807, 2.05) is 4.90 Å². The molecule has 1 aromatic carbocycles. The Morgan fingerprint density at radius 3 is 2.18 bits per heavy atom. The van der Waals surface area contributed by atoms with Crippen LogP contribution in [-0.2, 0) is 29.4 Å². The summed E-state index contributed by atoms with van der Waals surface area (Å²) in [5.41, 5.74) is -4.66. The standard InChI is InChI=1S/C22H26F6N6O3S/c1-32-13-18(30-31-32)38(36,37)34-10-8-33(9-11-34)20(6-2-3-7-20)14-29-19(35)16-5-4-15(21(23,24)25)12-17(16)22(26,27)28/h4-5,12-13H,2-3,6-11,14H2,1H3,(H,29,35). The van der Waals surface area contributed by atoms with Gasteiger partial charge in [-0.1, -0.05) is 18.1 Å². The van der Waals surface area contributed by atoms with Crippen LogP contribution in [0.1, 0.15) is 47.2 Å². The highest BCUT2D eigenvalue weighted by atomic mass is 32.2. The molecule has 16 heteroatoms. The molecule has 0 spiro atoms. The van der Waals surface area contributed by atoms with Gasteiger partial charge in [-0.3, -0.25) is 14.4 Å². The maximum atomic E-state index is 13.5. The number of aromatic nitrogens is 3. The van der Waals surface area contributed by atoms with Crippen molar-refractivity contribution in [3.05, 3.63) is 41.1 Å². The Hall–Kier alpha value is -2.72. The fourth-order valence-corrected chi connectivity index (χ4v) is 6.44. The van der Waals surface area contributed by atoms with E-state index in [0.717, 1.165) is 12.8 Å². The fraction of sp³-hybridized carbons (Fsp3) is 0.591.